The van der Waals surface area contributed by atoms with Crippen LogP contribution in [0.3, 0.4) is 0 Å². The van der Waals surface area contributed by atoms with Gasteiger partial charge in [0.05, 0.1) is 8.07 Å². The van der Waals surface area contributed by atoms with Crippen molar-refractivity contribution in [3.05, 3.63) is 72.4 Å². The number of hydrogen-bond acceptors (Lipinski definition) is 1. The third-order valence-electron chi connectivity index (χ3n) is 5.33. The molecule has 0 bridgehead atoms. The fraction of sp³-hybridized carbons (Fsp3) is 0.385. The first-order valence-electron chi connectivity index (χ1n) is 10.5. The molecule has 0 heterocycles. The van der Waals surface area contributed by atoms with E-state index in [4.69, 9.17) is 4.43 Å². The number of hydrogen-bond donors (Lipinski definition) is 0. The lowest BCUT2D eigenvalue weighted by Crippen LogP contribution is -2.66. The molecule has 0 spiro atoms. The van der Waals surface area contributed by atoms with Crippen molar-refractivity contribution in [1.29, 1.82) is 0 Å². The Kier molecular flexibility index (Phi) is 7.88. The van der Waals surface area contributed by atoms with Crippen LogP contribution in [0.15, 0.2) is 72.4 Å². The Labute approximate surface area is 180 Å². The van der Waals surface area contributed by atoms with E-state index < -0.39 is 16.4 Å². The molecule has 0 saturated carbocycles. The fourth-order valence-electron chi connectivity index (χ4n) is 3.50. The highest BCUT2D eigenvalue weighted by Crippen LogP contribution is 2.36. The largest absolute Gasteiger partial charge is 0.407 e. The molecule has 2 rings (SSSR count). The highest BCUT2D eigenvalue weighted by Gasteiger charge is 2.49. The number of allylic oxidation sites excluding steroid dienone is 1. The van der Waals surface area contributed by atoms with Gasteiger partial charge in [0.25, 0.3) is 8.32 Å². The third-order valence-corrected chi connectivity index (χ3v) is 12.3. The average molecular weight is 421 g/mol. The van der Waals surface area contributed by atoms with Gasteiger partial charge in [0.1, 0.15) is 0 Å². The standard InChI is InChI=1S/C26H36OSi2/c1-23(28(5,6)7)17-11-10-16-22-27-29(26(2,3)4,24-18-12-8-13-19-24)25-20-14-9-15-21-25/h8-9,12-15,18-21H,1,10,16,22H2,2-7H3. The van der Waals surface area contributed by atoms with E-state index in [2.05, 4.69) is 119 Å². The van der Waals surface area contributed by atoms with Crippen LogP contribution in [0, 0.1) is 11.8 Å². The van der Waals surface area contributed by atoms with Gasteiger partial charge in [-0.25, -0.2) is 0 Å². The van der Waals surface area contributed by atoms with E-state index in [1.54, 1.807) is 0 Å². The van der Waals surface area contributed by atoms with Gasteiger partial charge in [0.15, 0.2) is 0 Å². The molecule has 0 aliphatic heterocycles. The van der Waals surface area contributed by atoms with E-state index in [9.17, 15) is 0 Å². The first-order chi connectivity index (χ1) is 13.6. The highest BCUT2D eigenvalue weighted by atomic mass is 28.4. The molecule has 154 valence electrons. The summed E-state index contributed by atoms with van der Waals surface area (Å²) in [6.45, 7) is 18.7. The molecule has 0 aliphatic carbocycles. The number of benzene rings is 2. The molecule has 0 atom stereocenters. The Balaban J connectivity index is 2.24. The summed E-state index contributed by atoms with van der Waals surface area (Å²) >= 11 is 0. The fourth-order valence-corrected chi connectivity index (χ4v) is 8.57. The van der Waals surface area contributed by atoms with Crippen LogP contribution in [0.1, 0.15) is 33.6 Å². The first-order valence-corrected chi connectivity index (χ1v) is 15.9. The van der Waals surface area contributed by atoms with Crippen molar-refractivity contribution >= 4 is 26.8 Å². The van der Waals surface area contributed by atoms with Crippen molar-refractivity contribution < 1.29 is 4.43 Å². The van der Waals surface area contributed by atoms with Crippen molar-refractivity contribution in [2.75, 3.05) is 6.61 Å². The lowest BCUT2D eigenvalue weighted by molar-refractivity contribution is 0.293. The molecule has 0 radical (unpaired) electrons. The van der Waals surface area contributed by atoms with Gasteiger partial charge < -0.3 is 4.43 Å². The predicted molar refractivity (Wildman–Crippen MR) is 133 cm³/mol. The molecule has 0 amide bonds. The van der Waals surface area contributed by atoms with Crippen LogP contribution in [0.4, 0.5) is 0 Å². The predicted octanol–water partition coefficient (Wildman–Crippen LogP) is 5.78. The molecule has 0 aliphatic rings. The van der Waals surface area contributed by atoms with Crippen LogP contribution in [-0.2, 0) is 4.43 Å². The Morgan fingerprint density at radius 3 is 1.79 bits per heavy atom. The second-order valence-corrected chi connectivity index (χ2v) is 19.1. The molecule has 0 unspecified atom stereocenters. The van der Waals surface area contributed by atoms with Crippen LogP contribution in [0.5, 0.6) is 0 Å². The van der Waals surface area contributed by atoms with Crippen molar-refractivity contribution in [2.24, 2.45) is 0 Å². The molecule has 3 heteroatoms. The summed E-state index contributed by atoms with van der Waals surface area (Å²) in [5.74, 6) is 6.60. The molecule has 2 aromatic rings. The minimum atomic E-state index is -2.42. The van der Waals surface area contributed by atoms with Gasteiger partial charge in [0, 0.05) is 13.0 Å². The second-order valence-electron chi connectivity index (χ2n) is 9.65. The van der Waals surface area contributed by atoms with Gasteiger partial charge in [-0.2, -0.15) is 0 Å². The Hall–Kier alpha value is -1.87. The van der Waals surface area contributed by atoms with Crippen molar-refractivity contribution in [3.8, 4) is 11.8 Å². The van der Waals surface area contributed by atoms with Gasteiger partial charge >= 0.3 is 0 Å². The SMILES string of the molecule is C=C(C#CCCCO[Si](c1ccccc1)(c1ccccc1)C(C)(C)C)[Si](C)(C)C. The van der Waals surface area contributed by atoms with E-state index in [1.807, 2.05) is 0 Å². The molecule has 0 aromatic heterocycles. The summed E-state index contributed by atoms with van der Waals surface area (Å²) in [6, 6.07) is 21.6. The van der Waals surface area contributed by atoms with Gasteiger partial charge in [0.2, 0.25) is 0 Å². The zero-order chi connectivity index (χ0) is 21.5. The highest BCUT2D eigenvalue weighted by molar-refractivity contribution is 6.99. The zero-order valence-electron chi connectivity index (χ0n) is 19.0. The average Bonchev–Trinajstić information content (AvgIpc) is 2.67. The van der Waals surface area contributed by atoms with E-state index in [0.717, 1.165) is 24.6 Å². The van der Waals surface area contributed by atoms with Crippen LogP contribution < -0.4 is 10.4 Å². The molecule has 2 aromatic carbocycles. The summed E-state index contributed by atoms with van der Waals surface area (Å²) in [4.78, 5) is 0. The summed E-state index contributed by atoms with van der Waals surface area (Å²) < 4.78 is 6.90. The summed E-state index contributed by atoms with van der Waals surface area (Å²) in [5.41, 5.74) is 0. The zero-order valence-corrected chi connectivity index (χ0v) is 21.0. The van der Waals surface area contributed by atoms with Crippen molar-refractivity contribution in [1.82, 2.24) is 0 Å². The summed E-state index contributed by atoms with van der Waals surface area (Å²) in [5, 5.41) is 3.81. The maximum Gasteiger partial charge on any atom is 0.261 e. The second kappa shape index (κ2) is 9.76. The maximum atomic E-state index is 6.90. The topological polar surface area (TPSA) is 9.23 Å². The van der Waals surface area contributed by atoms with E-state index in [-0.39, 0.29) is 5.04 Å². The van der Waals surface area contributed by atoms with E-state index in [0.29, 0.717) is 0 Å². The molecule has 29 heavy (non-hydrogen) atoms. The van der Waals surface area contributed by atoms with Crippen LogP contribution in [0.2, 0.25) is 24.7 Å². The minimum Gasteiger partial charge on any atom is -0.407 e. The lowest BCUT2D eigenvalue weighted by Gasteiger charge is -2.43. The number of unbranched alkanes of at least 4 members (excludes halogenated alkanes) is 1. The summed E-state index contributed by atoms with van der Waals surface area (Å²) in [6.07, 6.45) is 1.79. The summed E-state index contributed by atoms with van der Waals surface area (Å²) in [7, 11) is -3.78. The molecule has 1 nitrogen and oxygen atoms in total. The Bertz CT molecular complexity index is 807. The van der Waals surface area contributed by atoms with Crippen molar-refractivity contribution in [3.63, 3.8) is 0 Å². The van der Waals surface area contributed by atoms with Gasteiger partial charge in [-0.1, -0.05) is 119 Å². The van der Waals surface area contributed by atoms with Crippen LogP contribution >= 0.6 is 0 Å². The Morgan fingerprint density at radius 1 is 0.897 bits per heavy atom. The smallest absolute Gasteiger partial charge is 0.261 e. The quantitative estimate of drug-likeness (QED) is 0.313. The molecule has 0 saturated heterocycles. The van der Waals surface area contributed by atoms with Crippen LogP contribution in [-0.4, -0.2) is 23.0 Å². The minimum absolute atomic E-state index is 0.0213. The maximum absolute atomic E-state index is 6.90. The lowest BCUT2D eigenvalue weighted by atomic mass is 10.2. The van der Waals surface area contributed by atoms with Gasteiger partial charge in [-0.15, -0.1) is 0 Å². The molecule has 0 fully saturated rings. The van der Waals surface area contributed by atoms with E-state index in [1.165, 1.54) is 10.4 Å². The van der Waals surface area contributed by atoms with Gasteiger partial charge in [-0.05, 0) is 27.0 Å². The normalized spacial score (nSPS) is 12.2. The van der Waals surface area contributed by atoms with Crippen LogP contribution in [0.25, 0.3) is 0 Å². The molecule has 0 N–H and O–H groups in total. The van der Waals surface area contributed by atoms with Gasteiger partial charge in [-0.3, -0.25) is 0 Å². The first kappa shape index (κ1) is 23.4. The Morgan fingerprint density at radius 2 is 1.38 bits per heavy atom. The third kappa shape index (κ3) is 5.82. The van der Waals surface area contributed by atoms with E-state index >= 15 is 0 Å². The van der Waals surface area contributed by atoms with Crippen molar-refractivity contribution in [2.45, 2.75) is 58.3 Å². The number of rotatable bonds is 7. The monoisotopic (exact) mass is 420 g/mol. The molecular formula is C26H36OSi2. The molecular weight excluding hydrogens is 384 g/mol.